The van der Waals surface area contributed by atoms with E-state index in [0.717, 1.165) is 5.56 Å². The van der Waals surface area contributed by atoms with E-state index in [1.54, 1.807) is 18.2 Å². The lowest BCUT2D eigenvalue weighted by Gasteiger charge is -2.09. The minimum Gasteiger partial charge on any atom is -0.508 e. The molecular weight excluding hydrogens is 269 g/mol. The molecule has 1 heterocycles. The van der Waals surface area contributed by atoms with Crippen molar-refractivity contribution in [1.29, 1.82) is 0 Å². The minimum atomic E-state index is -0.318. The van der Waals surface area contributed by atoms with Gasteiger partial charge in [0.05, 0.1) is 5.52 Å². The number of halogens is 1. The molecule has 0 spiro atoms. The molecule has 0 aliphatic heterocycles. The summed E-state index contributed by atoms with van der Waals surface area (Å²) >= 11 is 0. The first-order valence-electron chi connectivity index (χ1n) is 6.65. The van der Waals surface area contributed by atoms with Crippen LogP contribution in [0.5, 0.6) is 5.75 Å². The maximum absolute atomic E-state index is 13.3. The summed E-state index contributed by atoms with van der Waals surface area (Å²) in [6.07, 6.45) is 2.09. The molecule has 0 radical (unpaired) electrons. The van der Waals surface area contributed by atoms with Crippen molar-refractivity contribution in [3.05, 3.63) is 60.2 Å². The standard InChI is InChI=1S/C16H14FN3O/c17-12-5-6-14-13(9-12)16(20-10-19-14)18-8-7-11-3-1-2-4-15(11)21/h1-6,9-10,21H,7-8H2,(H,18,19,20). The number of nitrogens with one attached hydrogen (secondary N) is 1. The summed E-state index contributed by atoms with van der Waals surface area (Å²) in [6.45, 7) is 0.584. The summed E-state index contributed by atoms with van der Waals surface area (Å²) in [5.41, 5.74) is 1.55. The Morgan fingerprint density at radius 1 is 1.10 bits per heavy atom. The number of phenolic OH excluding ortho intramolecular Hbond substituents is 1. The Balaban J connectivity index is 1.77. The third-order valence-electron chi connectivity index (χ3n) is 3.28. The van der Waals surface area contributed by atoms with Crippen LogP contribution in [0.15, 0.2) is 48.8 Å². The maximum Gasteiger partial charge on any atom is 0.137 e. The lowest BCUT2D eigenvalue weighted by molar-refractivity contribution is 0.468. The van der Waals surface area contributed by atoms with Gasteiger partial charge in [0.1, 0.15) is 23.7 Å². The average Bonchev–Trinajstić information content (AvgIpc) is 2.49. The third kappa shape index (κ3) is 2.91. The van der Waals surface area contributed by atoms with E-state index in [0.29, 0.717) is 29.7 Å². The SMILES string of the molecule is Oc1ccccc1CCNc1ncnc2ccc(F)cc12. The third-order valence-corrected chi connectivity index (χ3v) is 3.28. The molecule has 0 saturated heterocycles. The van der Waals surface area contributed by atoms with Gasteiger partial charge < -0.3 is 10.4 Å². The van der Waals surface area contributed by atoms with E-state index in [-0.39, 0.29) is 11.6 Å². The second-order valence-electron chi connectivity index (χ2n) is 4.69. The molecule has 2 N–H and O–H groups in total. The van der Waals surface area contributed by atoms with Gasteiger partial charge in [0.15, 0.2) is 0 Å². The molecular formula is C16H14FN3O. The van der Waals surface area contributed by atoms with Gasteiger partial charge in [0.25, 0.3) is 0 Å². The Kier molecular flexibility index (Phi) is 3.64. The number of fused-ring (bicyclic) bond motifs is 1. The molecule has 0 saturated carbocycles. The molecule has 21 heavy (non-hydrogen) atoms. The molecule has 0 amide bonds. The van der Waals surface area contributed by atoms with E-state index in [1.807, 2.05) is 12.1 Å². The van der Waals surface area contributed by atoms with Crippen molar-refractivity contribution in [2.45, 2.75) is 6.42 Å². The molecule has 0 unspecified atom stereocenters. The highest BCUT2D eigenvalue weighted by Crippen LogP contribution is 2.21. The summed E-state index contributed by atoms with van der Waals surface area (Å²) in [5, 5.41) is 13.5. The van der Waals surface area contributed by atoms with E-state index in [2.05, 4.69) is 15.3 Å². The number of anilines is 1. The van der Waals surface area contributed by atoms with Gasteiger partial charge in [-0.15, -0.1) is 0 Å². The van der Waals surface area contributed by atoms with Crippen molar-refractivity contribution in [1.82, 2.24) is 9.97 Å². The van der Waals surface area contributed by atoms with Crippen LogP contribution in [0.3, 0.4) is 0 Å². The number of aromatic hydroxyl groups is 1. The molecule has 3 rings (SSSR count). The molecule has 0 fully saturated rings. The normalized spacial score (nSPS) is 10.7. The van der Waals surface area contributed by atoms with Gasteiger partial charge >= 0.3 is 0 Å². The smallest absolute Gasteiger partial charge is 0.137 e. The van der Waals surface area contributed by atoms with Gasteiger partial charge in [-0.25, -0.2) is 14.4 Å². The molecule has 4 nitrogen and oxygen atoms in total. The fourth-order valence-electron chi connectivity index (χ4n) is 2.21. The Bertz CT molecular complexity index is 776. The minimum absolute atomic E-state index is 0.276. The highest BCUT2D eigenvalue weighted by Gasteiger charge is 2.05. The highest BCUT2D eigenvalue weighted by molar-refractivity contribution is 5.88. The fourth-order valence-corrected chi connectivity index (χ4v) is 2.21. The zero-order valence-electron chi connectivity index (χ0n) is 11.3. The molecule has 0 atom stereocenters. The van der Waals surface area contributed by atoms with E-state index in [1.165, 1.54) is 18.5 Å². The number of nitrogens with zero attached hydrogens (tertiary/aromatic N) is 2. The largest absolute Gasteiger partial charge is 0.508 e. The summed E-state index contributed by atoms with van der Waals surface area (Å²) < 4.78 is 13.3. The Morgan fingerprint density at radius 3 is 2.81 bits per heavy atom. The van der Waals surface area contributed by atoms with Crippen LogP contribution >= 0.6 is 0 Å². The Labute approximate surface area is 121 Å². The predicted octanol–water partition coefficient (Wildman–Crippen LogP) is 3.13. The first-order valence-corrected chi connectivity index (χ1v) is 6.65. The van der Waals surface area contributed by atoms with Crippen LogP contribution in [0.4, 0.5) is 10.2 Å². The maximum atomic E-state index is 13.3. The van der Waals surface area contributed by atoms with Crippen LogP contribution in [0.25, 0.3) is 10.9 Å². The summed E-state index contributed by atoms with van der Waals surface area (Å²) in [6, 6.07) is 11.6. The molecule has 106 valence electrons. The lowest BCUT2D eigenvalue weighted by Crippen LogP contribution is -2.07. The fraction of sp³-hybridized carbons (Fsp3) is 0.125. The van der Waals surface area contributed by atoms with Crippen LogP contribution in [0, 0.1) is 5.82 Å². The topological polar surface area (TPSA) is 58.0 Å². The Hall–Kier alpha value is -2.69. The molecule has 0 aliphatic rings. The van der Waals surface area contributed by atoms with Gasteiger partial charge in [-0.1, -0.05) is 18.2 Å². The predicted molar refractivity (Wildman–Crippen MR) is 79.8 cm³/mol. The van der Waals surface area contributed by atoms with Crippen molar-refractivity contribution in [3.8, 4) is 5.75 Å². The number of hydrogen-bond donors (Lipinski definition) is 2. The molecule has 5 heteroatoms. The van der Waals surface area contributed by atoms with Crippen LogP contribution in [-0.4, -0.2) is 21.6 Å². The van der Waals surface area contributed by atoms with Crippen LogP contribution in [0.2, 0.25) is 0 Å². The van der Waals surface area contributed by atoms with E-state index in [4.69, 9.17) is 0 Å². The first-order chi connectivity index (χ1) is 10.2. The Morgan fingerprint density at radius 2 is 1.95 bits per heavy atom. The quantitative estimate of drug-likeness (QED) is 0.772. The number of aromatic nitrogens is 2. The number of rotatable bonds is 4. The number of benzene rings is 2. The van der Waals surface area contributed by atoms with Crippen molar-refractivity contribution in [3.63, 3.8) is 0 Å². The number of para-hydroxylation sites is 1. The molecule has 3 aromatic rings. The first kappa shape index (κ1) is 13.3. The van der Waals surface area contributed by atoms with Gasteiger partial charge in [0.2, 0.25) is 0 Å². The van der Waals surface area contributed by atoms with Crippen molar-refractivity contribution < 1.29 is 9.50 Å². The molecule has 0 aliphatic carbocycles. The molecule has 0 bridgehead atoms. The van der Waals surface area contributed by atoms with Crippen molar-refractivity contribution in [2.24, 2.45) is 0 Å². The zero-order valence-corrected chi connectivity index (χ0v) is 11.3. The summed E-state index contributed by atoms with van der Waals surface area (Å²) in [4.78, 5) is 8.26. The second-order valence-corrected chi connectivity index (χ2v) is 4.69. The summed E-state index contributed by atoms with van der Waals surface area (Å²) in [5.74, 6) is 0.550. The lowest BCUT2D eigenvalue weighted by atomic mass is 10.1. The molecule has 1 aromatic heterocycles. The summed E-state index contributed by atoms with van der Waals surface area (Å²) in [7, 11) is 0. The average molecular weight is 283 g/mol. The van der Waals surface area contributed by atoms with Gasteiger partial charge in [-0.05, 0) is 36.2 Å². The van der Waals surface area contributed by atoms with E-state index >= 15 is 0 Å². The van der Waals surface area contributed by atoms with Gasteiger partial charge in [-0.3, -0.25) is 0 Å². The van der Waals surface area contributed by atoms with Crippen LogP contribution in [-0.2, 0) is 6.42 Å². The zero-order chi connectivity index (χ0) is 14.7. The van der Waals surface area contributed by atoms with Gasteiger partial charge in [0, 0.05) is 11.9 Å². The van der Waals surface area contributed by atoms with Crippen LogP contribution in [0.1, 0.15) is 5.56 Å². The number of hydrogen-bond acceptors (Lipinski definition) is 4. The molecule has 2 aromatic carbocycles. The highest BCUT2D eigenvalue weighted by atomic mass is 19.1. The van der Waals surface area contributed by atoms with E-state index < -0.39 is 0 Å². The van der Waals surface area contributed by atoms with E-state index in [9.17, 15) is 9.50 Å². The van der Waals surface area contributed by atoms with Gasteiger partial charge in [-0.2, -0.15) is 0 Å². The monoisotopic (exact) mass is 283 g/mol. The second kappa shape index (κ2) is 5.75. The van der Waals surface area contributed by atoms with Crippen molar-refractivity contribution in [2.75, 3.05) is 11.9 Å². The van der Waals surface area contributed by atoms with Crippen molar-refractivity contribution >= 4 is 16.7 Å². The van der Waals surface area contributed by atoms with Crippen LogP contribution < -0.4 is 5.32 Å². The number of phenols is 1.